The van der Waals surface area contributed by atoms with Gasteiger partial charge in [-0.25, -0.2) is 0 Å². The lowest BCUT2D eigenvalue weighted by atomic mass is 9.93. The lowest BCUT2D eigenvalue weighted by Gasteiger charge is -2.29. The molecule has 2 aliphatic rings. The maximum atomic E-state index is 11.9. The quantitative estimate of drug-likeness (QED) is 0.729. The topological polar surface area (TPSA) is 44.4 Å². The predicted octanol–water partition coefficient (Wildman–Crippen LogP) is 1.22. The van der Waals surface area contributed by atoms with Gasteiger partial charge in [0.15, 0.2) is 0 Å². The number of likely N-dealkylation sites (tertiary alicyclic amines) is 1. The van der Waals surface area contributed by atoms with Crippen molar-refractivity contribution in [3.8, 4) is 0 Å². The smallest absolute Gasteiger partial charge is 0.220 e. The standard InChI is InChI=1S/C15H29N3O/c1-16-11-15(7-8-15)12-17-14(19)6-5-13-4-3-9-18(2)10-13/h13,16H,3-12H2,1-2H3,(H,17,19). The van der Waals surface area contributed by atoms with Crippen LogP contribution < -0.4 is 10.6 Å². The highest BCUT2D eigenvalue weighted by molar-refractivity contribution is 5.75. The van der Waals surface area contributed by atoms with Crippen LogP contribution in [0.4, 0.5) is 0 Å². The molecule has 2 N–H and O–H groups in total. The number of nitrogens with zero attached hydrogens (tertiary/aromatic N) is 1. The number of hydrogen-bond acceptors (Lipinski definition) is 3. The molecule has 0 radical (unpaired) electrons. The van der Waals surface area contributed by atoms with E-state index in [2.05, 4.69) is 22.6 Å². The van der Waals surface area contributed by atoms with E-state index in [1.54, 1.807) is 0 Å². The van der Waals surface area contributed by atoms with Gasteiger partial charge in [0.1, 0.15) is 0 Å². The zero-order valence-electron chi connectivity index (χ0n) is 12.5. The second kappa shape index (κ2) is 6.71. The molecule has 4 nitrogen and oxygen atoms in total. The molecule has 1 atom stereocenters. The summed E-state index contributed by atoms with van der Waals surface area (Å²) in [6, 6.07) is 0. The Bertz CT molecular complexity index is 302. The summed E-state index contributed by atoms with van der Waals surface area (Å²) >= 11 is 0. The zero-order valence-corrected chi connectivity index (χ0v) is 12.5. The highest BCUT2D eigenvalue weighted by Gasteiger charge is 2.41. The first kappa shape index (κ1) is 14.8. The van der Waals surface area contributed by atoms with Crippen molar-refractivity contribution in [1.29, 1.82) is 0 Å². The summed E-state index contributed by atoms with van der Waals surface area (Å²) in [7, 11) is 4.17. The van der Waals surface area contributed by atoms with Crippen molar-refractivity contribution in [1.82, 2.24) is 15.5 Å². The number of hydrogen-bond donors (Lipinski definition) is 2. The first-order valence-electron chi connectivity index (χ1n) is 7.73. The Hall–Kier alpha value is -0.610. The number of carbonyl (C=O) groups is 1. The molecule has 2 rings (SSSR count). The molecule has 1 saturated heterocycles. The van der Waals surface area contributed by atoms with Gasteiger partial charge < -0.3 is 15.5 Å². The van der Waals surface area contributed by atoms with Gasteiger partial charge in [-0.15, -0.1) is 0 Å². The van der Waals surface area contributed by atoms with Gasteiger partial charge in [0.2, 0.25) is 5.91 Å². The van der Waals surface area contributed by atoms with E-state index in [0.29, 0.717) is 11.8 Å². The molecule has 1 amide bonds. The van der Waals surface area contributed by atoms with E-state index in [0.717, 1.165) is 32.0 Å². The van der Waals surface area contributed by atoms with Crippen molar-refractivity contribution in [2.24, 2.45) is 11.3 Å². The zero-order chi connectivity index (χ0) is 13.7. The van der Waals surface area contributed by atoms with E-state index >= 15 is 0 Å². The largest absolute Gasteiger partial charge is 0.355 e. The molecule has 1 aliphatic carbocycles. The highest BCUT2D eigenvalue weighted by atomic mass is 16.1. The summed E-state index contributed by atoms with van der Waals surface area (Å²) in [6.45, 7) is 4.27. The van der Waals surface area contributed by atoms with E-state index in [9.17, 15) is 4.79 Å². The van der Waals surface area contributed by atoms with E-state index in [-0.39, 0.29) is 5.91 Å². The Labute approximate surface area is 117 Å². The van der Waals surface area contributed by atoms with Crippen LogP contribution in [-0.4, -0.2) is 51.1 Å². The predicted molar refractivity (Wildman–Crippen MR) is 78.1 cm³/mol. The van der Waals surface area contributed by atoms with Gasteiger partial charge in [-0.3, -0.25) is 4.79 Å². The molecular formula is C15H29N3O. The van der Waals surface area contributed by atoms with Crippen molar-refractivity contribution in [2.45, 2.75) is 38.5 Å². The van der Waals surface area contributed by atoms with Crippen LogP contribution in [0, 0.1) is 11.3 Å². The van der Waals surface area contributed by atoms with Crippen LogP contribution in [0.25, 0.3) is 0 Å². The fourth-order valence-electron chi connectivity index (χ4n) is 3.19. The monoisotopic (exact) mass is 267 g/mol. The molecule has 2 fully saturated rings. The number of piperidine rings is 1. The van der Waals surface area contributed by atoms with Crippen molar-refractivity contribution in [3.05, 3.63) is 0 Å². The molecule has 110 valence electrons. The average molecular weight is 267 g/mol. The fourth-order valence-corrected chi connectivity index (χ4v) is 3.19. The maximum Gasteiger partial charge on any atom is 0.220 e. The lowest BCUT2D eigenvalue weighted by molar-refractivity contribution is -0.121. The molecule has 0 bridgehead atoms. The fraction of sp³-hybridized carbons (Fsp3) is 0.933. The van der Waals surface area contributed by atoms with Crippen LogP contribution in [0.5, 0.6) is 0 Å². The van der Waals surface area contributed by atoms with Crippen molar-refractivity contribution < 1.29 is 4.79 Å². The second-order valence-electron chi connectivity index (χ2n) is 6.62. The Morgan fingerprint density at radius 1 is 1.37 bits per heavy atom. The molecule has 1 saturated carbocycles. The summed E-state index contributed by atoms with van der Waals surface area (Å²) in [5.74, 6) is 0.965. The average Bonchev–Trinajstić information content (AvgIpc) is 3.15. The Morgan fingerprint density at radius 3 is 2.79 bits per heavy atom. The summed E-state index contributed by atoms with van der Waals surface area (Å²) in [6.07, 6.45) is 6.84. The first-order chi connectivity index (χ1) is 9.13. The minimum Gasteiger partial charge on any atom is -0.355 e. The third-order valence-corrected chi connectivity index (χ3v) is 4.67. The van der Waals surface area contributed by atoms with Crippen molar-refractivity contribution in [3.63, 3.8) is 0 Å². The van der Waals surface area contributed by atoms with E-state index in [1.165, 1.54) is 32.2 Å². The summed E-state index contributed by atoms with van der Waals surface area (Å²) in [4.78, 5) is 14.3. The van der Waals surface area contributed by atoms with Crippen molar-refractivity contribution in [2.75, 3.05) is 40.3 Å². The summed E-state index contributed by atoms with van der Waals surface area (Å²) in [5.41, 5.74) is 0.371. The molecular weight excluding hydrogens is 238 g/mol. The van der Waals surface area contributed by atoms with Gasteiger partial charge in [0, 0.05) is 31.5 Å². The Balaban J connectivity index is 1.59. The van der Waals surface area contributed by atoms with Gasteiger partial charge in [-0.2, -0.15) is 0 Å². The van der Waals surface area contributed by atoms with E-state index in [4.69, 9.17) is 0 Å². The summed E-state index contributed by atoms with van der Waals surface area (Å²) in [5, 5.41) is 6.35. The third-order valence-electron chi connectivity index (χ3n) is 4.67. The third kappa shape index (κ3) is 4.77. The van der Waals surface area contributed by atoms with Crippen LogP contribution in [0.1, 0.15) is 38.5 Å². The van der Waals surface area contributed by atoms with Gasteiger partial charge in [0.25, 0.3) is 0 Å². The molecule has 0 aromatic heterocycles. The van der Waals surface area contributed by atoms with Crippen LogP contribution in [-0.2, 0) is 4.79 Å². The second-order valence-corrected chi connectivity index (χ2v) is 6.62. The van der Waals surface area contributed by atoms with Gasteiger partial charge in [-0.1, -0.05) is 0 Å². The normalized spacial score (nSPS) is 26.1. The first-order valence-corrected chi connectivity index (χ1v) is 7.73. The highest BCUT2D eigenvalue weighted by Crippen LogP contribution is 2.44. The Kier molecular flexibility index (Phi) is 5.22. The van der Waals surface area contributed by atoms with E-state index < -0.39 is 0 Å². The van der Waals surface area contributed by atoms with Crippen LogP contribution in [0.3, 0.4) is 0 Å². The van der Waals surface area contributed by atoms with Crippen molar-refractivity contribution >= 4 is 5.91 Å². The molecule has 0 aromatic carbocycles. The Morgan fingerprint density at radius 2 is 2.16 bits per heavy atom. The number of amides is 1. The summed E-state index contributed by atoms with van der Waals surface area (Å²) < 4.78 is 0. The minimum absolute atomic E-state index is 0.246. The van der Waals surface area contributed by atoms with Gasteiger partial charge >= 0.3 is 0 Å². The molecule has 4 heteroatoms. The molecule has 1 heterocycles. The molecule has 0 aromatic rings. The maximum absolute atomic E-state index is 11.9. The molecule has 1 aliphatic heterocycles. The minimum atomic E-state index is 0.246. The molecule has 0 spiro atoms. The SMILES string of the molecule is CNCC1(CNC(=O)CCC2CCCN(C)C2)CC1. The van der Waals surface area contributed by atoms with E-state index in [1.807, 2.05) is 7.05 Å². The van der Waals surface area contributed by atoms with Crippen LogP contribution >= 0.6 is 0 Å². The molecule has 1 unspecified atom stereocenters. The van der Waals surface area contributed by atoms with Gasteiger partial charge in [0.05, 0.1) is 0 Å². The lowest BCUT2D eigenvalue weighted by Crippen LogP contribution is -2.36. The van der Waals surface area contributed by atoms with Gasteiger partial charge in [-0.05, 0) is 58.7 Å². The number of rotatable bonds is 7. The number of nitrogens with one attached hydrogen (secondary N) is 2. The molecule has 19 heavy (non-hydrogen) atoms. The number of carbonyl (C=O) groups excluding carboxylic acids is 1. The van der Waals surface area contributed by atoms with Crippen LogP contribution in [0.15, 0.2) is 0 Å². The van der Waals surface area contributed by atoms with Crippen LogP contribution in [0.2, 0.25) is 0 Å².